The Balaban J connectivity index is 1.80. The molecule has 1 heterocycles. The molecule has 0 amide bonds. The van der Waals surface area contributed by atoms with Crippen molar-refractivity contribution < 1.29 is 13.2 Å². The second-order valence-electron chi connectivity index (χ2n) is 4.71. The minimum Gasteiger partial charge on any atom is -0.441 e. The monoisotopic (exact) mass is 288 g/mol. The molecule has 2 aromatic carbocycles. The largest absolute Gasteiger partial charge is 0.441 e. The maximum atomic E-state index is 13.6. The number of anilines is 1. The van der Waals surface area contributed by atoms with Crippen molar-refractivity contribution in [2.24, 2.45) is 0 Å². The molecule has 3 rings (SSSR count). The lowest BCUT2D eigenvalue weighted by Gasteiger charge is -2.07. The molecule has 3 nitrogen and oxygen atoms in total. The van der Waals surface area contributed by atoms with Crippen LogP contribution >= 0.6 is 0 Å². The van der Waals surface area contributed by atoms with Crippen LogP contribution in [0.5, 0.6) is 0 Å². The minimum atomic E-state index is -0.839. The summed E-state index contributed by atoms with van der Waals surface area (Å²) < 4.78 is 32.2. The van der Waals surface area contributed by atoms with Crippen molar-refractivity contribution in [1.29, 1.82) is 0 Å². The number of hydrogen-bond donors (Lipinski definition) is 1. The average molecular weight is 288 g/mol. The fourth-order valence-corrected chi connectivity index (χ4v) is 2.12. The number of aromatic nitrogens is 1. The summed E-state index contributed by atoms with van der Waals surface area (Å²) in [7, 11) is 0. The molecule has 0 atom stereocenters. The lowest BCUT2D eigenvalue weighted by molar-refractivity contribution is 0.500. The van der Waals surface area contributed by atoms with Crippen LogP contribution in [-0.4, -0.2) is 4.98 Å². The zero-order chi connectivity index (χ0) is 14.8. The van der Waals surface area contributed by atoms with Crippen molar-refractivity contribution >= 4 is 16.8 Å². The molecule has 1 N–H and O–H groups in total. The van der Waals surface area contributed by atoms with E-state index in [1.165, 1.54) is 6.07 Å². The van der Waals surface area contributed by atoms with E-state index in [1.807, 2.05) is 25.1 Å². The zero-order valence-corrected chi connectivity index (χ0v) is 11.5. The smallest absolute Gasteiger partial charge is 0.195 e. The fraction of sp³-hybridized carbons (Fsp3) is 0.188. The maximum Gasteiger partial charge on any atom is 0.195 e. The number of fused-ring (bicyclic) bond motifs is 1. The summed E-state index contributed by atoms with van der Waals surface area (Å²) in [6, 6.07) is 9.61. The van der Waals surface area contributed by atoms with Gasteiger partial charge >= 0.3 is 0 Å². The number of rotatable bonds is 4. The third-order valence-electron chi connectivity index (χ3n) is 3.25. The van der Waals surface area contributed by atoms with Crippen molar-refractivity contribution in [3.05, 3.63) is 59.5 Å². The van der Waals surface area contributed by atoms with Gasteiger partial charge in [0, 0.05) is 24.2 Å². The summed E-state index contributed by atoms with van der Waals surface area (Å²) in [6.45, 7) is 2.17. The van der Waals surface area contributed by atoms with Crippen LogP contribution in [0.4, 0.5) is 14.5 Å². The third-order valence-corrected chi connectivity index (χ3v) is 3.25. The Labute approximate surface area is 120 Å². The molecule has 0 bridgehead atoms. The van der Waals surface area contributed by atoms with E-state index in [2.05, 4.69) is 10.3 Å². The van der Waals surface area contributed by atoms with Crippen LogP contribution in [0.1, 0.15) is 18.4 Å². The molecule has 0 aliphatic rings. The van der Waals surface area contributed by atoms with Crippen LogP contribution < -0.4 is 5.32 Å². The minimum absolute atomic E-state index is 0.202. The number of nitrogens with one attached hydrogen (secondary N) is 1. The number of nitrogens with zero attached hydrogens (tertiary/aromatic N) is 1. The van der Waals surface area contributed by atoms with Crippen LogP contribution in [-0.2, 0) is 13.0 Å². The highest BCUT2D eigenvalue weighted by atomic mass is 19.2. The van der Waals surface area contributed by atoms with Crippen molar-refractivity contribution in [3.8, 4) is 0 Å². The van der Waals surface area contributed by atoms with E-state index < -0.39 is 11.6 Å². The first-order valence-corrected chi connectivity index (χ1v) is 6.73. The molecule has 3 aromatic rings. The molecule has 0 radical (unpaired) electrons. The highest BCUT2D eigenvalue weighted by molar-refractivity contribution is 5.77. The Morgan fingerprint density at radius 1 is 1.19 bits per heavy atom. The molecule has 0 aliphatic carbocycles. The Bertz CT molecular complexity index is 783. The van der Waals surface area contributed by atoms with Crippen LogP contribution in [0, 0.1) is 11.6 Å². The maximum absolute atomic E-state index is 13.6. The van der Waals surface area contributed by atoms with Gasteiger partial charge in [-0.2, -0.15) is 0 Å². The van der Waals surface area contributed by atoms with E-state index in [0.29, 0.717) is 11.5 Å². The first kappa shape index (κ1) is 13.5. The average Bonchev–Trinajstić information content (AvgIpc) is 2.91. The molecule has 0 fully saturated rings. The lowest BCUT2D eigenvalue weighted by Crippen LogP contribution is -2.03. The van der Waals surface area contributed by atoms with Gasteiger partial charge in [0.05, 0.1) is 0 Å². The van der Waals surface area contributed by atoms with Crippen molar-refractivity contribution in [2.45, 2.75) is 19.9 Å². The zero-order valence-electron chi connectivity index (χ0n) is 11.5. The van der Waals surface area contributed by atoms with Crippen LogP contribution in [0.2, 0.25) is 0 Å². The Morgan fingerprint density at radius 3 is 2.86 bits per heavy atom. The van der Waals surface area contributed by atoms with Gasteiger partial charge in [0.15, 0.2) is 23.1 Å². The van der Waals surface area contributed by atoms with Gasteiger partial charge in [-0.1, -0.05) is 19.1 Å². The highest BCUT2D eigenvalue weighted by Gasteiger charge is 2.08. The van der Waals surface area contributed by atoms with Gasteiger partial charge in [0.2, 0.25) is 0 Å². The third kappa shape index (κ3) is 2.72. The molecule has 21 heavy (non-hydrogen) atoms. The molecule has 0 spiro atoms. The molecule has 5 heteroatoms. The van der Waals surface area contributed by atoms with Gasteiger partial charge in [-0.25, -0.2) is 13.8 Å². The summed E-state index contributed by atoms with van der Waals surface area (Å²) in [5.74, 6) is -0.979. The number of aryl methyl sites for hydroxylation is 1. The number of oxazole rings is 1. The van der Waals surface area contributed by atoms with Gasteiger partial charge < -0.3 is 9.73 Å². The summed E-state index contributed by atoms with van der Waals surface area (Å²) in [4.78, 5) is 4.34. The molecular weight excluding hydrogens is 274 g/mol. The van der Waals surface area contributed by atoms with Gasteiger partial charge in [0.1, 0.15) is 5.52 Å². The van der Waals surface area contributed by atoms with Crippen LogP contribution in [0.25, 0.3) is 11.1 Å². The van der Waals surface area contributed by atoms with E-state index in [0.717, 1.165) is 23.7 Å². The molecule has 0 unspecified atom stereocenters. The predicted octanol–water partition coefficient (Wildman–Crippen LogP) is 4.28. The van der Waals surface area contributed by atoms with Gasteiger partial charge in [-0.15, -0.1) is 0 Å². The summed E-state index contributed by atoms with van der Waals surface area (Å²) >= 11 is 0. The van der Waals surface area contributed by atoms with E-state index in [-0.39, 0.29) is 12.1 Å². The van der Waals surface area contributed by atoms with Crippen molar-refractivity contribution in [1.82, 2.24) is 4.98 Å². The summed E-state index contributed by atoms with van der Waals surface area (Å²) in [5, 5.41) is 3.06. The molecule has 0 saturated heterocycles. The van der Waals surface area contributed by atoms with Crippen molar-refractivity contribution in [3.63, 3.8) is 0 Å². The van der Waals surface area contributed by atoms with Crippen molar-refractivity contribution in [2.75, 3.05) is 5.32 Å². The highest BCUT2D eigenvalue weighted by Crippen LogP contribution is 2.21. The van der Waals surface area contributed by atoms with E-state index in [4.69, 9.17) is 4.42 Å². The SMILES string of the molecule is CCc1nc2cc(NCc3cccc(F)c3F)ccc2o1. The second kappa shape index (κ2) is 5.52. The molecular formula is C16H14F2N2O. The first-order valence-electron chi connectivity index (χ1n) is 6.73. The normalized spacial score (nSPS) is 11.0. The second-order valence-corrected chi connectivity index (χ2v) is 4.71. The van der Waals surface area contributed by atoms with Crippen LogP contribution in [0.15, 0.2) is 40.8 Å². The lowest BCUT2D eigenvalue weighted by atomic mass is 10.2. The summed E-state index contributed by atoms with van der Waals surface area (Å²) in [6.07, 6.45) is 0.728. The van der Waals surface area contributed by atoms with E-state index in [9.17, 15) is 8.78 Å². The topological polar surface area (TPSA) is 38.1 Å². The number of halogens is 2. The molecule has 0 saturated carbocycles. The quantitative estimate of drug-likeness (QED) is 0.778. The van der Waals surface area contributed by atoms with Crippen LogP contribution in [0.3, 0.4) is 0 Å². The van der Waals surface area contributed by atoms with E-state index >= 15 is 0 Å². The fourth-order valence-electron chi connectivity index (χ4n) is 2.12. The molecule has 108 valence electrons. The molecule has 0 aliphatic heterocycles. The van der Waals surface area contributed by atoms with Gasteiger partial charge in [-0.3, -0.25) is 0 Å². The van der Waals surface area contributed by atoms with Gasteiger partial charge in [-0.05, 0) is 24.3 Å². The Morgan fingerprint density at radius 2 is 2.05 bits per heavy atom. The van der Waals surface area contributed by atoms with E-state index in [1.54, 1.807) is 6.07 Å². The Hall–Kier alpha value is -2.43. The van der Waals surface area contributed by atoms with Gasteiger partial charge in [0.25, 0.3) is 0 Å². The predicted molar refractivity (Wildman–Crippen MR) is 77.1 cm³/mol. The number of benzene rings is 2. The number of hydrogen-bond acceptors (Lipinski definition) is 3. The summed E-state index contributed by atoms with van der Waals surface area (Å²) in [5.41, 5.74) is 2.53. The standard InChI is InChI=1S/C16H14F2N2O/c1-2-15-20-13-8-11(6-7-14(13)21-15)19-9-10-4-3-5-12(17)16(10)18/h3-8,19H,2,9H2,1H3. The first-order chi connectivity index (χ1) is 10.2. The molecule has 1 aromatic heterocycles. The Kier molecular flexibility index (Phi) is 3.56.